The minimum Gasteiger partial charge on any atom is -0.441 e. The number of nitrogens with one attached hydrogen (secondary N) is 2. The van der Waals surface area contributed by atoms with Crippen LogP contribution in [0.5, 0.6) is 0 Å². The zero-order valence-electron chi connectivity index (χ0n) is 12.5. The molecule has 1 fully saturated rings. The summed E-state index contributed by atoms with van der Waals surface area (Å²) in [6.45, 7) is 1.84. The first-order valence-electron chi connectivity index (χ1n) is 7.22. The Morgan fingerprint density at radius 3 is 2.83 bits per heavy atom. The van der Waals surface area contributed by atoms with Crippen molar-refractivity contribution in [3.63, 3.8) is 0 Å². The van der Waals surface area contributed by atoms with E-state index in [2.05, 4.69) is 15.6 Å². The highest BCUT2D eigenvalue weighted by Crippen LogP contribution is 2.15. The number of oxazole rings is 1. The van der Waals surface area contributed by atoms with Crippen LogP contribution in [-0.4, -0.2) is 41.7 Å². The zero-order valence-corrected chi connectivity index (χ0v) is 14.2. The van der Waals surface area contributed by atoms with Crippen LogP contribution in [0.4, 0.5) is 0 Å². The Balaban J connectivity index is 0.00000132. The first-order valence-corrected chi connectivity index (χ1v) is 7.22. The maximum absolute atomic E-state index is 11.8. The molecule has 2 aromatic rings. The molecule has 0 saturated carbocycles. The van der Waals surface area contributed by atoms with Crippen LogP contribution in [0.1, 0.15) is 12.3 Å². The Hall–Kier alpha value is -1.34. The molecule has 2 heterocycles. The van der Waals surface area contributed by atoms with Gasteiger partial charge in [-0.25, -0.2) is 4.98 Å². The molecule has 8 heteroatoms. The molecular weight excluding hydrogens is 341 g/mol. The zero-order chi connectivity index (χ0) is 14.7. The van der Waals surface area contributed by atoms with Crippen molar-refractivity contribution in [2.24, 2.45) is 5.92 Å². The first-order chi connectivity index (χ1) is 10.2. The smallest absolute Gasteiger partial charge is 0.220 e. The van der Waals surface area contributed by atoms with Crippen molar-refractivity contribution < 1.29 is 14.3 Å². The van der Waals surface area contributed by atoms with Gasteiger partial charge in [-0.15, -0.1) is 24.8 Å². The molecule has 1 aromatic heterocycles. The van der Waals surface area contributed by atoms with E-state index >= 15 is 0 Å². The topological polar surface area (TPSA) is 87.4 Å². The highest BCUT2D eigenvalue weighted by atomic mass is 35.5. The number of nitrogens with zero attached hydrogens (tertiary/aromatic N) is 1. The molecule has 23 heavy (non-hydrogen) atoms. The standard InChI is InChI=1S/C15H19N3O3.2ClH/c19-12-9-16-7-10(12)8-17-14(20)5-6-15-18-11-3-1-2-4-13(11)21-15;;/h1-4,10,12,16,19H,5-9H2,(H,17,20);2*1H. The van der Waals surface area contributed by atoms with E-state index in [4.69, 9.17) is 4.42 Å². The molecule has 0 aliphatic carbocycles. The number of carbonyl (C=O) groups is 1. The molecule has 1 aliphatic heterocycles. The molecule has 1 aliphatic rings. The lowest BCUT2D eigenvalue weighted by Gasteiger charge is -2.13. The van der Waals surface area contributed by atoms with Crippen molar-refractivity contribution >= 4 is 41.8 Å². The molecule has 2 atom stereocenters. The second-order valence-corrected chi connectivity index (χ2v) is 5.37. The van der Waals surface area contributed by atoms with Crippen LogP contribution >= 0.6 is 24.8 Å². The largest absolute Gasteiger partial charge is 0.441 e. The maximum Gasteiger partial charge on any atom is 0.220 e. The summed E-state index contributed by atoms with van der Waals surface area (Å²) in [4.78, 5) is 16.1. The number of halogens is 2. The number of rotatable bonds is 5. The average Bonchev–Trinajstić information content (AvgIpc) is 3.08. The average molecular weight is 362 g/mol. The van der Waals surface area contributed by atoms with E-state index in [1.54, 1.807) is 0 Å². The molecule has 1 saturated heterocycles. The van der Waals surface area contributed by atoms with Gasteiger partial charge in [0.25, 0.3) is 0 Å². The third-order valence-corrected chi connectivity index (χ3v) is 3.77. The van der Waals surface area contributed by atoms with Crippen LogP contribution in [-0.2, 0) is 11.2 Å². The molecule has 6 nitrogen and oxygen atoms in total. The summed E-state index contributed by atoms with van der Waals surface area (Å²) in [6.07, 6.45) is 0.442. The quantitative estimate of drug-likeness (QED) is 0.746. The van der Waals surface area contributed by atoms with Crippen LogP contribution in [0.2, 0.25) is 0 Å². The number of amides is 1. The molecule has 1 amide bonds. The molecule has 0 radical (unpaired) electrons. The normalized spacial score (nSPS) is 19.9. The van der Waals surface area contributed by atoms with E-state index in [9.17, 15) is 9.90 Å². The Morgan fingerprint density at radius 2 is 2.13 bits per heavy atom. The van der Waals surface area contributed by atoms with Gasteiger partial charge in [0.15, 0.2) is 11.5 Å². The van der Waals surface area contributed by atoms with Crippen molar-refractivity contribution in [2.75, 3.05) is 19.6 Å². The predicted molar refractivity (Wildman–Crippen MR) is 92.2 cm³/mol. The minimum atomic E-state index is -0.373. The number of aryl methyl sites for hydroxylation is 1. The van der Waals surface area contributed by atoms with Gasteiger partial charge in [0.2, 0.25) is 5.91 Å². The summed E-state index contributed by atoms with van der Waals surface area (Å²) >= 11 is 0. The lowest BCUT2D eigenvalue weighted by molar-refractivity contribution is -0.121. The fraction of sp³-hybridized carbons (Fsp3) is 0.467. The molecule has 3 rings (SSSR count). The van der Waals surface area contributed by atoms with E-state index in [0.29, 0.717) is 31.8 Å². The van der Waals surface area contributed by atoms with E-state index in [0.717, 1.165) is 17.6 Å². The number of fused-ring (bicyclic) bond motifs is 1. The molecule has 0 spiro atoms. The van der Waals surface area contributed by atoms with E-state index in [1.807, 2.05) is 24.3 Å². The minimum absolute atomic E-state index is 0. The van der Waals surface area contributed by atoms with Crippen LogP contribution in [0.25, 0.3) is 11.1 Å². The van der Waals surface area contributed by atoms with Gasteiger partial charge in [0.05, 0.1) is 6.10 Å². The Morgan fingerprint density at radius 1 is 1.35 bits per heavy atom. The van der Waals surface area contributed by atoms with Gasteiger partial charge in [-0.1, -0.05) is 12.1 Å². The number of aliphatic hydroxyl groups is 1. The van der Waals surface area contributed by atoms with Gasteiger partial charge in [0.1, 0.15) is 5.52 Å². The third-order valence-electron chi connectivity index (χ3n) is 3.77. The number of hydrogen-bond donors (Lipinski definition) is 3. The molecule has 2 unspecified atom stereocenters. The Bertz CT molecular complexity index is 602. The SMILES string of the molecule is Cl.Cl.O=C(CCc1nc2ccccc2o1)NCC1CNCC1O. The highest BCUT2D eigenvalue weighted by molar-refractivity contribution is 5.85. The van der Waals surface area contributed by atoms with Crippen molar-refractivity contribution in [1.29, 1.82) is 0 Å². The molecule has 1 aromatic carbocycles. The molecular formula is C15H21Cl2N3O3. The summed E-state index contributed by atoms with van der Waals surface area (Å²) in [7, 11) is 0. The maximum atomic E-state index is 11.8. The van der Waals surface area contributed by atoms with Crippen LogP contribution in [0.15, 0.2) is 28.7 Å². The monoisotopic (exact) mass is 361 g/mol. The summed E-state index contributed by atoms with van der Waals surface area (Å²) in [6, 6.07) is 7.55. The van der Waals surface area contributed by atoms with Gasteiger partial charge in [-0.3, -0.25) is 4.79 Å². The van der Waals surface area contributed by atoms with E-state index in [1.165, 1.54) is 0 Å². The number of β-amino-alcohol motifs (C(OH)–C–C–N with tert-alkyl or cyclic N) is 1. The number of carbonyl (C=O) groups excluding carboxylic acids is 1. The van der Waals surface area contributed by atoms with Gasteiger partial charge < -0.3 is 20.2 Å². The van der Waals surface area contributed by atoms with E-state index < -0.39 is 0 Å². The highest BCUT2D eigenvalue weighted by Gasteiger charge is 2.24. The number of para-hydroxylation sites is 2. The second-order valence-electron chi connectivity index (χ2n) is 5.37. The summed E-state index contributed by atoms with van der Waals surface area (Å²) in [5.41, 5.74) is 1.56. The lowest BCUT2D eigenvalue weighted by Crippen LogP contribution is -2.34. The fourth-order valence-corrected chi connectivity index (χ4v) is 2.51. The van der Waals surface area contributed by atoms with Gasteiger partial charge in [0, 0.05) is 38.4 Å². The van der Waals surface area contributed by atoms with Crippen molar-refractivity contribution in [3.8, 4) is 0 Å². The summed E-state index contributed by atoms with van der Waals surface area (Å²) < 4.78 is 5.57. The molecule has 128 valence electrons. The number of aliphatic hydroxyl groups excluding tert-OH is 1. The predicted octanol–water partition coefficient (Wildman–Crippen LogP) is 1.30. The first kappa shape index (κ1) is 19.7. The van der Waals surface area contributed by atoms with Gasteiger partial charge in [-0.2, -0.15) is 0 Å². The fourth-order valence-electron chi connectivity index (χ4n) is 2.51. The van der Waals surface area contributed by atoms with Crippen LogP contribution in [0.3, 0.4) is 0 Å². The van der Waals surface area contributed by atoms with Gasteiger partial charge in [-0.05, 0) is 12.1 Å². The molecule has 3 N–H and O–H groups in total. The van der Waals surface area contributed by atoms with Crippen molar-refractivity contribution in [2.45, 2.75) is 18.9 Å². The number of benzene rings is 1. The van der Waals surface area contributed by atoms with Crippen molar-refractivity contribution in [3.05, 3.63) is 30.2 Å². The van der Waals surface area contributed by atoms with E-state index in [-0.39, 0.29) is 42.7 Å². The summed E-state index contributed by atoms with van der Waals surface area (Å²) in [5.74, 6) is 0.628. The van der Waals surface area contributed by atoms with Crippen molar-refractivity contribution in [1.82, 2.24) is 15.6 Å². The lowest BCUT2D eigenvalue weighted by atomic mass is 10.1. The number of aromatic nitrogens is 1. The molecule has 0 bridgehead atoms. The third kappa shape index (κ3) is 5.07. The van der Waals surface area contributed by atoms with Crippen LogP contribution in [0, 0.1) is 5.92 Å². The van der Waals surface area contributed by atoms with Gasteiger partial charge >= 0.3 is 0 Å². The Kier molecular flexibility index (Phi) is 7.78. The summed E-state index contributed by atoms with van der Waals surface area (Å²) in [5, 5.41) is 15.6. The van der Waals surface area contributed by atoms with Crippen LogP contribution < -0.4 is 10.6 Å². The second kappa shape index (κ2) is 9.08. The Labute approximate surface area is 146 Å². The number of hydrogen-bond acceptors (Lipinski definition) is 5.